The predicted octanol–water partition coefficient (Wildman–Crippen LogP) is 4.25. The Morgan fingerprint density at radius 3 is 2.30 bits per heavy atom. The summed E-state index contributed by atoms with van der Waals surface area (Å²) in [5.74, 6) is 0.0263. The fraction of sp³-hybridized carbons (Fsp3) is 0.350. The van der Waals surface area contributed by atoms with Crippen LogP contribution in [0.5, 0.6) is 0 Å². The first-order valence-corrected chi connectivity index (χ1v) is 8.08. The summed E-state index contributed by atoms with van der Waals surface area (Å²) in [7, 11) is 2.07. The van der Waals surface area contributed by atoms with Crippen LogP contribution in [0.3, 0.4) is 0 Å². The second-order valence-electron chi connectivity index (χ2n) is 6.18. The van der Waals surface area contributed by atoms with Gasteiger partial charge in [0.2, 0.25) is 5.91 Å². The van der Waals surface area contributed by atoms with Crippen LogP contribution in [-0.2, 0) is 11.2 Å². The smallest absolute Gasteiger partial charge is 0.228 e. The molecule has 0 atom stereocenters. The van der Waals surface area contributed by atoms with E-state index in [-0.39, 0.29) is 5.91 Å². The molecule has 2 aromatic rings. The van der Waals surface area contributed by atoms with Gasteiger partial charge < -0.3 is 10.2 Å². The summed E-state index contributed by atoms with van der Waals surface area (Å²) in [5.41, 5.74) is 6.51. The van der Waals surface area contributed by atoms with Gasteiger partial charge >= 0.3 is 0 Å². The zero-order chi connectivity index (χ0) is 17.0. The Morgan fingerprint density at radius 2 is 1.74 bits per heavy atom. The molecular weight excluding hydrogens is 284 g/mol. The fourth-order valence-electron chi connectivity index (χ4n) is 2.73. The zero-order valence-corrected chi connectivity index (χ0v) is 14.7. The van der Waals surface area contributed by atoms with E-state index in [0.717, 1.165) is 28.9 Å². The molecule has 0 aliphatic rings. The van der Waals surface area contributed by atoms with Crippen molar-refractivity contribution in [3.8, 4) is 0 Å². The molecule has 2 aromatic carbocycles. The minimum Gasteiger partial charge on any atom is -0.375 e. The van der Waals surface area contributed by atoms with E-state index >= 15 is 0 Å². The van der Waals surface area contributed by atoms with Crippen LogP contribution in [0.25, 0.3) is 0 Å². The van der Waals surface area contributed by atoms with Crippen molar-refractivity contribution >= 4 is 17.3 Å². The second kappa shape index (κ2) is 7.32. The monoisotopic (exact) mass is 310 g/mol. The fourth-order valence-corrected chi connectivity index (χ4v) is 2.73. The lowest BCUT2D eigenvalue weighted by Crippen LogP contribution is -2.18. The molecule has 2 rings (SSSR count). The largest absolute Gasteiger partial charge is 0.375 e. The molecule has 0 aromatic heterocycles. The maximum Gasteiger partial charge on any atom is 0.228 e. The predicted molar refractivity (Wildman–Crippen MR) is 98.4 cm³/mol. The maximum absolute atomic E-state index is 12.4. The first kappa shape index (κ1) is 17.1. The topological polar surface area (TPSA) is 32.3 Å². The third-order valence-electron chi connectivity index (χ3n) is 4.14. The van der Waals surface area contributed by atoms with E-state index in [1.54, 1.807) is 0 Å². The Balaban J connectivity index is 2.15. The van der Waals surface area contributed by atoms with E-state index in [9.17, 15) is 4.79 Å². The normalized spacial score (nSPS) is 10.5. The van der Waals surface area contributed by atoms with Crippen molar-refractivity contribution in [3.05, 3.63) is 58.7 Å². The molecule has 0 spiro atoms. The van der Waals surface area contributed by atoms with E-state index in [2.05, 4.69) is 42.4 Å². The van der Waals surface area contributed by atoms with Gasteiger partial charge in [-0.05, 0) is 56.5 Å². The summed E-state index contributed by atoms with van der Waals surface area (Å²) >= 11 is 0. The molecule has 3 nitrogen and oxygen atoms in total. The third kappa shape index (κ3) is 4.35. The average molecular weight is 310 g/mol. The average Bonchev–Trinajstić information content (AvgIpc) is 2.50. The van der Waals surface area contributed by atoms with Crippen LogP contribution in [0.1, 0.15) is 29.2 Å². The highest BCUT2D eigenvalue weighted by molar-refractivity contribution is 5.94. The molecule has 0 unspecified atom stereocenters. The molecule has 1 amide bonds. The van der Waals surface area contributed by atoms with Crippen molar-refractivity contribution < 1.29 is 4.79 Å². The molecule has 0 fully saturated rings. The third-order valence-corrected chi connectivity index (χ3v) is 4.14. The Morgan fingerprint density at radius 1 is 1.09 bits per heavy atom. The summed E-state index contributed by atoms with van der Waals surface area (Å²) in [5, 5.41) is 3.07. The number of rotatable bonds is 5. The lowest BCUT2D eigenvalue weighted by Gasteiger charge is -2.20. The van der Waals surface area contributed by atoms with Crippen LogP contribution in [0.15, 0.2) is 36.4 Å². The first-order chi connectivity index (χ1) is 10.9. The molecule has 0 aliphatic carbocycles. The standard InChI is InChI=1S/C20H26N2O/c1-6-22(5)18-11-15(3)20(16(4)12-18)21-19(23)13-17-9-7-8-14(2)10-17/h7-12H,6,13H2,1-5H3,(H,21,23). The van der Waals surface area contributed by atoms with Crippen LogP contribution in [0, 0.1) is 20.8 Å². The van der Waals surface area contributed by atoms with Gasteiger partial charge in [-0.25, -0.2) is 0 Å². The van der Waals surface area contributed by atoms with E-state index in [0.29, 0.717) is 6.42 Å². The van der Waals surface area contributed by atoms with Crippen molar-refractivity contribution in [1.82, 2.24) is 0 Å². The number of amides is 1. The second-order valence-corrected chi connectivity index (χ2v) is 6.18. The Labute approximate surface area is 139 Å². The summed E-state index contributed by atoms with van der Waals surface area (Å²) in [6.07, 6.45) is 0.400. The van der Waals surface area contributed by atoms with Crippen LogP contribution in [-0.4, -0.2) is 19.5 Å². The van der Waals surface area contributed by atoms with Crippen LogP contribution in [0.2, 0.25) is 0 Å². The summed E-state index contributed by atoms with van der Waals surface area (Å²) in [6.45, 7) is 9.21. The number of carbonyl (C=O) groups excluding carboxylic acids is 1. The van der Waals surface area contributed by atoms with E-state index in [4.69, 9.17) is 0 Å². The highest BCUT2D eigenvalue weighted by Gasteiger charge is 2.11. The molecule has 0 saturated carbocycles. The lowest BCUT2D eigenvalue weighted by atomic mass is 10.1. The number of nitrogens with one attached hydrogen (secondary N) is 1. The molecule has 0 heterocycles. The number of hydrogen-bond acceptors (Lipinski definition) is 2. The van der Waals surface area contributed by atoms with Crippen molar-refractivity contribution in [1.29, 1.82) is 0 Å². The van der Waals surface area contributed by atoms with Gasteiger partial charge in [-0.2, -0.15) is 0 Å². The van der Waals surface area contributed by atoms with Crippen molar-refractivity contribution in [3.63, 3.8) is 0 Å². The van der Waals surface area contributed by atoms with Gasteiger partial charge in [-0.15, -0.1) is 0 Å². The van der Waals surface area contributed by atoms with Gasteiger partial charge in [-0.1, -0.05) is 29.8 Å². The number of benzene rings is 2. The zero-order valence-electron chi connectivity index (χ0n) is 14.7. The lowest BCUT2D eigenvalue weighted by molar-refractivity contribution is -0.115. The van der Waals surface area contributed by atoms with Gasteiger partial charge in [0.15, 0.2) is 0 Å². The van der Waals surface area contributed by atoms with Crippen molar-refractivity contribution in [2.45, 2.75) is 34.1 Å². The van der Waals surface area contributed by atoms with Gasteiger partial charge in [0.25, 0.3) is 0 Å². The maximum atomic E-state index is 12.4. The van der Waals surface area contributed by atoms with Crippen LogP contribution < -0.4 is 10.2 Å². The minimum absolute atomic E-state index is 0.0263. The van der Waals surface area contributed by atoms with E-state index in [1.165, 1.54) is 11.3 Å². The molecular formula is C20H26N2O. The van der Waals surface area contributed by atoms with Gasteiger partial charge in [0.1, 0.15) is 0 Å². The quantitative estimate of drug-likeness (QED) is 0.895. The van der Waals surface area contributed by atoms with Gasteiger partial charge in [0, 0.05) is 25.0 Å². The number of carbonyl (C=O) groups is 1. The molecule has 23 heavy (non-hydrogen) atoms. The van der Waals surface area contributed by atoms with E-state index < -0.39 is 0 Å². The molecule has 3 heteroatoms. The van der Waals surface area contributed by atoms with Gasteiger partial charge in [-0.3, -0.25) is 4.79 Å². The molecule has 0 radical (unpaired) electrons. The highest BCUT2D eigenvalue weighted by atomic mass is 16.1. The molecule has 122 valence electrons. The molecule has 1 N–H and O–H groups in total. The molecule has 0 bridgehead atoms. The van der Waals surface area contributed by atoms with Crippen LogP contribution in [0.4, 0.5) is 11.4 Å². The number of anilines is 2. The highest BCUT2D eigenvalue weighted by Crippen LogP contribution is 2.26. The molecule has 0 saturated heterocycles. The Kier molecular flexibility index (Phi) is 5.43. The Hall–Kier alpha value is -2.29. The number of nitrogens with zero attached hydrogens (tertiary/aromatic N) is 1. The number of hydrogen-bond donors (Lipinski definition) is 1. The van der Waals surface area contributed by atoms with Crippen molar-refractivity contribution in [2.75, 3.05) is 23.8 Å². The first-order valence-electron chi connectivity index (χ1n) is 8.08. The van der Waals surface area contributed by atoms with Crippen molar-refractivity contribution in [2.24, 2.45) is 0 Å². The number of aryl methyl sites for hydroxylation is 3. The summed E-state index contributed by atoms with van der Waals surface area (Å²) < 4.78 is 0. The minimum atomic E-state index is 0.0263. The molecule has 0 aliphatic heterocycles. The van der Waals surface area contributed by atoms with E-state index in [1.807, 2.05) is 39.0 Å². The Bertz CT molecular complexity index is 684. The summed E-state index contributed by atoms with van der Waals surface area (Å²) in [6, 6.07) is 12.3. The SMILES string of the molecule is CCN(C)c1cc(C)c(NC(=O)Cc2cccc(C)c2)c(C)c1. The van der Waals surface area contributed by atoms with Gasteiger partial charge in [0.05, 0.1) is 6.42 Å². The van der Waals surface area contributed by atoms with Crippen LogP contribution >= 0.6 is 0 Å². The summed E-state index contributed by atoms with van der Waals surface area (Å²) in [4.78, 5) is 14.5.